The Morgan fingerprint density at radius 1 is 1.28 bits per heavy atom. The van der Waals surface area contributed by atoms with E-state index < -0.39 is 6.10 Å². The third-order valence-corrected chi connectivity index (χ3v) is 7.68. The van der Waals surface area contributed by atoms with Crippen molar-refractivity contribution in [3.63, 3.8) is 0 Å². The van der Waals surface area contributed by atoms with Gasteiger partial charge >= 0.3 is 0 Å². The van der Waals surface area contributed by atoms with Gasteiger partial charge in [0, 0.05) is 37.3 Å². The molecule has 12 heteroatoms. The molecule has 0 aliphatic carbocycles. The molecule has 0 unspecified atom stereocenters. The molecule has 2 aromatic heterocycles. The Balaban J connectivity index is 0.00000180. The summed E-state index contributed by atoms with van der Waals surface area (Å²) in [5, 5.41) is 18.2. The van der Waals surface area contributed by atoms with Gasteiger partial charge in [-0.25, -0.2) is 9.37 Å². The molecular weight excluding hydrogens is 548 g/mol. The molecule has 1 saturated heterocycles. The number of anilines is 1. The predicted molar refractivity (Wildman–Crippen MR) is 146 cm³/mol. The predicted octanol–water partition coefficient (Wildman–Crippen LogP) is 4.08. The number of carbonyl (C=O) groups excluding carboxylic acids is 1. The van der Waals surface area contributed by atoms with Gasteiger partial charge in [0.25, 0.3) is 0 Å². The number of amides is 1. The summed E-state index contributed by atoms with van der Waals surface area (Å²) in [4.78, 5) is 23.6. The molecule has 0 bridgehead atoms. The number of fused-ring (bicyclic) bond motifs is 2. The maximum Gasteiger partial charge on any atom is 0.235 e. The van der Waals surface area contributed by atoms with Gasteiger partial charge in [0.1, 0.15) is 11.6 Å². The third-order valence-electron chi connectivity index (χ3n) is 6.31. The van der Waals surface area contributed by atoms with Crippen molar-refractivity contribution < 1.29 is 14.3 Å². The zero-order valence-electron chi connectivity index (χ0n) is 19.2. The quantitative estimate of drug-likeness (QED) is 0.409. The first-order chi connectivity index (χ1) is 16.5. The zero-order chi connectivity index (χ0) is 23.7. The first kappa shape index (κ1) is 28.8. The van der Waals surface area contributed by atoms with Crippen molar-refractivity contribution in [3.05, 3.63) is 58.6 Å². The molecule has 194 valence electrons. The summed E-state index contributed by atoms with van der Waals surface area (Å²) in [5.74, 6) is 0.675. The van der Waals surface area contributed by atoms with Crippen LogP contribution in [0.15, 0.2) is 41.4 Å². The first-order valence-electron chi connectivity index (χ1n) is 11.3. The maximum absolute atomic E-state index is 13.8. The molecular formula is C24H27Cl3FN5O2S. The van der Waals surface area contributed by atoms with Crippen molar-refractivity contribution in [2.24, 2.45) is 0 Å². The second-order valence-corrected chi connectivity index (χ2v) is 10.1. The maximum atomic E-state index is 13.8. The number of aliphatic hydroxyl groups excluding tert-OH is 1. The van der Waals surface area contributed by atoms with Gasteiger partial charge in [-0.2, -0.15) is 0 Å². The number of halogens is 4. The number of rotatable bonds is 6. The van der Waals surface area contributed by atoms with Crippen LogP contribution in [0.4, 0.5) is 10.2 Å². The fourth-order valence-electron chi connectivity index (χ4n) is 4.50. The van der Waals surface area contributed by atoms with E-state index in [1.165, 1.54) is 23.9 Å². The molecule has 1 amide bonds. The van der Waals surface area contributed by atoms with Crippen LogP contribution in [0, 0.1) is 5.82 Å². The largest absolute Gasteiger partial charge is 0.390 e. The molecule has 0 spiro atoms. The van der Waals surface area contributed by atoms with E-state index in [-0.39, 0.29) is 42.6 Å². The lowest BCUT2D eigenvalue weighted by Crippen LogP contribution is -2.52. The van der Waals surface area contributed by atoms with E-state index in [0.717, 1.165) is 40.0 Å². The lowest BCUT2D eigenvalue weighted by molar-refractivity contribution is -0.113. The summed E-state index contributed by atoms with van der Waals surface area (Å²) in [7, 11) is 0. The highest BCUT2D eigenvalue weighted by Gasteiger charge is 2.27. The highest BCUT2D eigenvalue weighted by Crippen LogP contribution is 2.30. The van der Waals surface area contributed by atoms with E-state index >= 15 is 0 Å². The number of benzene rings is 1. The third kappa shape index (κ3) is 6.58. The van der Waals surface area contributed by atoms with Gasteiger partial charge in [0.2, 0.25) is 5.91 Å². The zero-order valence-corrected chi connectivity index (χ0v) is 22.5. The van der Waals surface area contributed by atoms with Crippen LogP contribution in [0.3, 0.4) is 0 Å². The van der Waals surface area contributed by atoms with E-state index in [1.54, 1.807) is 12.3 Å². The summed E-state index contributed by atoms with van der Waals surface area (Å²) in [6.45, 7) is 2.59. The van der Waals surface area contributed by atoms with E-state index in [0.29, 0.717) is 42.6 Å². The Kier molecular flexibility index (Phi) is 10.2. The average Bonchev–Trinajstić information content (AvgIpc) is 2.82. The lowest BCUT2D eigenvalue weighted by atomic mass is 10.0. The van der Waals surface area contributed by atoms with E-state index in [9.17, 15) is 14.3 Å². The number of pyridine rings is 2. The standard InChI is InChI=1S/C24H25ClFN5O2S.2ClH/c25-18-11-28-19-3-1-14(26)9-17(19)16(18)5-7-31-8-6-20(21(32)12-31)27-10-15-2-4-22-24(29-15)30-23(33)13-34-22;;/h1-4,9,11,20-21,27,32H,5-8,10,12-13H2,(H,29,30,33);2*1H/t20-,21-;;/m1../s1. The molecule has 7 nitrogen and oxygen atoms in total. The van der Waals surface area contributed by atoms with Crippen molar-refractivity contribution >= 4 is 70.8 Å². The average molecular weight is 575 g/mol. The summed E-state index contributed by atoms with van der Waals surface area (Å²) >= 11 is 7.87. The van der Waals surface area contributed by atoms with Crippen molar-refractivity contribution in [1.29, 1.82) is 0 Å². The van der Waals surface area contributed by atoms with Gasteiger partial charge in [-0.15, -0.1) is 36.6 Å². The molecule has 2 aliphatic heterocycles. The second kappa shape index (κ2) is 12.7. The van der Waals surface area contributed by atoms with Gasteiger partial charge in [0.05, 0.1) is 33.0 Å². The number of piperidine rings is 1. The molecule has 0 radical (unpaired) electrons. The lowest BCUT2D eigenvalue weighted by Gasteiger charge is -2.36. The highest BCUT2D eigenvalue weighted by atomic mass is 35.5. The van der Waals surface area contributed by atoms with Gasteiger partial charge in [-0.05, 0) is 55.3 Å². The number of aromatic nitrogens is 2. The minimum atomic E-state index is -0.524. The molecule has 2 aliphatic rings. The topological polar surface area (TPSA) is 90.4 Å². The van der Waals surface area contributed by atoms with Crippen LogP contribution in [0.5, 0.6) is 0 Å². The van der Waals surface area contributed by atoms with Crippen LogP contribution in [-0.4, -0.2) is 63.4 Å². The summed E-state index contributed by atoms with van der Waals surface area (Å²) in [6, 6.07) is 8.42. The Hall–Kier alpha value is -1.72. The number of likely N-dealkylation sites (tertiary alicyclic amines) is 1. The number of hydrogen-bond donors (Lipinski definition) is 3. The molecule has 1 fully saturated rings. The van der Waals surface area contributed by atoms with E-state index in [1.807, 2.05) is 12.1 Å². The van der Waals surface area contributed by atoms with E-state index in [2.05, 4.69) is 25.5 Å². The second-order valence-electron chi connectivity index (χ2n) is 8.63. The molecule has 2 atom stereocenters. The first-order valence-corrected chi connectivity index (χ1v) is 12.6. The summed E-state index contributed by atoms with van der Waals surface area (Å²) in [5.41, 5.74) is 2.42. The number of β-amino-alcohol motifs (C(OH)–C–C–N with tert-alkyl or cyclic N) is 1. The van der Waals surface area contributed by atoms with Crippen LogP contribution in [-0.2, 0) is 17.8 Å². The Morgan fingerprint density at radius 3 is 2.92 bits per heavy atom. The highest BCUT2D eigenvalue weighted by molar-refractivity contribution is 8.00. The minimum Gasteiger partial charge on any atom is -0.390 e. The van der Waals surface area contributed by atoms with E-state index in [4.69, 9.17) is 11.6 Å². The fraction of sp³-hybridized carbons (Fsp3) is 0.375. The Labute approximate surface area is 230 Å². The molecule has 5 rings (SSSR count). The number of nitrogens with zero attached hydrogens (tertiary/aromatic N) is 3. The van der Waals surface area contributed by atoms with Crippen molar-refractivity contribution in [3.8, 4) is 0 Å². The van der Waals surface area contributed by atoms with Crippen molar-refractivity contribution in [1.82, 2.24) is 20.2 Å². The molecule has 3 N–H and O–H groups in total. The van der Waals surface area contributed by atoms with Crippen LogP contribution in [0.25, 0.3) is 10.9 Å². The number of aliphatic hydroxyl groups is 1. The Morgan fingerprint density at radius 2 is 2.11 bits per heavy atom. The number of hydrogen-bond acceptors (Lipinski definition) is 7. The monoisotopic (exact) mass is 573 g/mol. The van der Waals surface area contributed by atoms with Gasteiger partial charge < -0.3 is 20.6 Å². The fourth-order valence-corrected chi connectivity index (χ4v) is 5.50. The SMILES string of the molecule is Cl.Cl.O=C1CSc2ccc(CN[C@@H]3CCN(CCc4c(Cl)cnc5ccc(F)cc45)C[C@H]3O)nc2N1. The van der Waals surface area contributed by atoms with Gasteiger partial charge in [-0.3, -0.25) is 9.78 Å². The number of nitrogens with one attached hydrogen (secondary N) is 2. The molecule has 3 aromatic rings. The number of thioether (sulfide) groups is 1. The smallest absolute Gasteiger partial charge is 0.235 e. The number of carbonyl (C=O) groups is 1. The molecule has 4 heterocycles. The normalized spacial score (nSPS) is 19.7. The van der Waals surface area contributed by atoms with Crippen LogP contribution in [0.1, 0.15) is 17.7 Å². The van der Waals surface area contributed by atoms with Crippen molar-refractivity contribution in [2.75, 3.05) is 30.7 Å². The summed E-state index contributed by atoms with van der Waals surface area (Å²) in [6.07, 6.45) is 2.53. The molecule has 1 aromatic carbocycles. The molecule has 0 saturated carbocycles. The van der Waals surface area contributed by atoms with Crippen LogP contribution >= 0.6 is 48.2 Å². The van der Waals surface area contributed by atoms with Gasteiger partial charge in [-0.1, -0.05) is 11.6 Å². The Bertz CT molecular complexity index is 1230. The van der Waals surface area contributed by atoms with Gasteiger partial charge in [0.15, 0.2) is 0 Å². The summed E-state index contributed by atoms with van der Waals surface area (Å²) < 4.78 is 13.8. The van der Waals surface area contributed by atoms with Crippen LogP contribution < -0.4 is 10.6 Å². The minimum absolute atomic E-state index is 0. The van der Waals surface area contributed by atoms with Crippen LogP contribution in [0.2, 0.25) is 5.02 Å². The van der Waals surface area contributed by atoms with Crippen molar-refractivity contribution in [2.45, 2.75) is 36.4 Å². The molecule has 36 heavy (non-hydrogen) atoms.